The number of halogens is 3. The zero-order valence-corrected chi connectivity index (χ0v) is 12.2. The van der Waals surface area contributed by atoms with Crippen LogP contribution in [0.4, 0.5) is 13.2 Å². The van der Waals surface area contributed by atoms with Gasteiger partial charge >= 0.3 is 12.1 Å². The van der Waals surface area contributed by atoms with Crippen LogP contribution in [0.25, 0.3) is 0 Å². The lowest BCUT2D eigenvalue weighted by molar-refractivity contribution is -0.145. The average molecular weight is 308 g/mol. The van der Waals surface area contributed by atoms with Crippen molar-refractivity contribution in [1.29, 1.82) is 0 Å². The number of carboxylic acids is 1. The van der Waals surface area contributed by atoms with Crippen LogP contribution in [0.3, 0.4) is 0 Å². The van der Waals surface area contributed by atoms with E-state index in [1.165, 1.54) is 6.42 Å². The molecule has 122 valence electrons. The molecule has 0 radical (unpaired) electrons. The highest BCUT2D eigenvalue weighted by atomic mass is 19.4. The Balaban J connectivity index is 1.95. The summed E-state index contributed by atoms with van der Waals surface area (Å²) in [5.74, 6) is -0.952. The van der Waals surface area contributed by atoms with Crippen molar-refractivity contribution in [3.63, 3.8) is 0 Å². The molecule has 0 amide bonds. The summed E-state index contributed by atoms with van der Waals surface area (Å²) in [6.45, 7) is 1.94. The van der Waals surface area contributed by atoms with Gasteiger partial charge in [-0.3, -0.25) is 9.69 Å². The van der Waals surface area contributed by atoms with Crippen molar-refractivity contribution in [3.8, 4) is 0 Å². The quantitative estimate of drug-likeness (QED) is 0.817. The van der Waals surface area contributed by atoms with E-state index in [2.05, 4.69) is 17.1 Å². The Labute approximate surface area is 122 Å². The van der Waals surface area contributed by atoms with Crippen LogP contribution in [0.2, 0.25) is 0 Å². The molecule has 1 saturated carbocycles. The Morgan fingerprint density at radius 1 is 1.38 bits per heavy atom. The van der Waals surface area contributed by atoms with E-state index in [1.54, 1.807) is 0 Å². The van der Waals surface area contributed by atoms with Crippen LogP contribution < -0.4 is 5.32 Å². The molecule has 2 aliphatic rings. The molecule has 0 spiro atoms. The molecule has 0 aromatic rings. The van der Waals surface area contributed by atoms with Gasteiger partial charge in [0, 0.05) is 25.2 Å². The predicted molar refractivity (Wildman–Crippen MR) is 72.0 cm³/mol. The molecular formula is C14H23F3N2O2. The van der Waals surface area contributed by atoms with Crippen LogP contribution in [-0.2, 0) is 4.79 Å². The van der Waals surface area contributed by atoms with Gasteiger partial charge in [0.1, 0.15) is 0 Å². The summed E-state index contributed by atoms with van der Waals surface area (Å²) < 4.78 is 37.0. The van der Waals surface area contributed by atoms with Crippen LogP contribution in [0.1, 0.15) is 32.6 Å². The second kappa shape index (κ2) is 6.52. The van der Waals surface area contributed by atoms with Gasteiger partial charge in [-0.2, -0.15) is 13.2 Å². The second-order valence-corrected chi connectivity index (χ2v) is 6.35. The van der Waals surface area contributed by atoms with Gasteiger partial charge in [0.2, 0.25) is 0 Å². The number of alkyl halides is 3. The molecule has 1 aliphatic carbocycles. The van der Waals surface area contributed by atoms with Crippen molar-refractivity contribution in [2.45, 2.75) is 50.9 Å². The summed E-state index contributed by atoms with van der Waals surface area (Å²) in [7, 11) is 0. The Hall–Kier alpha value is -0.820. The molecule has 1 heterocycles. The number of piperidine rings is 1. The van der Waals surface area contributed by atoms with Gasteiger partial charge in [-0.05, 0) is 32.1 Å². The maximum Gasteiger partial charge on any atom is 0.401 e. The molecule has 2 fully saturated rings. The minimum absolute atomic E-state index is 0.246. The van der Waals surface area contributed by atoms with Gasteiger partial charge in [-0.15, -0.1) is 0 Å². The summed E-state index contributed by atoms with van der Waals surface area (Å²) in [6.07, 6.45) is -0.535. The van der Waals surface area contributed by atoms with Crippen LogP contribution in [0, 0.1) is 11.8 Å². The van der Waals surface area contributed by atoms with Crippen LogP contribution >= 0.6 is 0 Å². The van der Waals surface area contributed by atoms with Crippen LogP contribution in [-0.4, -0.2) is 53.9 Å². The molecule has 2 rings (SSSR count). The first-order chi connectivity index (χ1) is 9.76. The number of carboxylic acid groups (broad SMARTS) is 1. The van der Waals surface area contributed by atoms with Crippen LogP contribution in [0.15, 0.2) is 0 Å². The highest BCUT2D eigenvalue weighted by Gasteiger charge is 2.38. The van der Waals surface area contributed by atoms with Crippen molar-refractivity contribution in [3.05, 3.63) is 0 Å². The molecule has 1 saturated heterocycles. The summed E-state index contributed by atoms with van der Waals surface area (Å²) in [4.78, 5) is 13.3. The number of nitrogens with one attached hydrogen (secondary N) is 1. The maximum absolute atomic E-state index is 12.3. The summed E-state index contributed by atoms with van der Waals surface area (Å²) in [5.41, 5.74) is 0. The number of nitrogens with zero attached hydrogens (tertiary/aromatic N) is 1. The van der Waals surface area contributed by atoms with Crippen molar-refractivity contribution >= 4 is 5.97 Å². The van der Waals surface area contributed by atoms with E-state index in [9.17, 15) is 23.1 Å². The molecule has 1 aliphatic heterocycles. The van der Waals surface area contributed by atoms with Gasteiger partial charge in [-0.1, -0.05) is 6.42 Å². The molecule has 0 bridgehead atoms. The largest absolute Gasteiger partial charge is 0.481 e. The molecule has 7 heteroatoms. The van der Waals surface area contributed by atoms with E-state index in [0.29, 0.717) is 19.0 Å². The third-order valence-corrected chi connectivity index (χ3v) is 4.83. The van der Waals surface area contributed by atoms with E-state index in [-0.39, 0.29) is 12.5 Å². The summed E-state index contributed by atoms with van der Waals surface area (Å²) >= 11 is 0. The number of rotatable bonds is 5. The number of hydrogen-bond donors (Lipinski definition) is 2. The normalized spacial score (nSPS) is 29.9. The molecule has 4 nitrogen and oxygen atoms in total. The van der Waals surface area contributed by atoms with Crippen molar-refractivity contribution in [2.75, 3.05) is 19.6 Å². The summed E-state index contributed by atoms with van der Waals surface area (Å²) in [5, 5.41) is 11.7. The number of likely N-dealkylation sites (tertiary alicyclic amines) is 1. The first-order valence-electron chi connectivity index (χ1n) is 7.53. The molecular weight excluding hydrogens is 285 g/mol. The fourth-order valence-corrected chi connectivity index (χ4v) is 3.27. The fraction of sp³-hybridized carbons (Fsp3) is 0.929. The standard InChI is InChI=1S/C14H23F3N2O2/c1-9(10-3-2-4-10)19-6-11(13(20)21)5-12(7-19)18-8-14(15,16)17/h9-12,18H,2-8H2,1H3,(H,20,21). The molecule has 21 heavy (non-hydrogen) atoms. The first kappa shape index (κ1) is 16.5. The molecule has 0 aromatic carbocycles. The Morgan fingerprint density at radius 2 is 2.05 bits per heavy atom. The smallest absolute Gasteiger partial charge is 0.401 e. The number of aliphatic carboxylic acids is 1. The van der Waals surface area contributed by atoms with Gasteiger partial charge in [0.25, 0.3) is 0 Å². The minimum atomic E-state index is -4.26. The highest BCUT2D eigenvalue weighted by molar-refractivity contribution is 5.70. The third kappa shape index (κ3) is 4.57. The molecule has 0 aromatic heterocycles. The monoisotopic (exact) mass is 308 g/mol. The second-order valence-electron chi connectivity index (χ2n) is 6.35. The van der Waals surface area contributed by atoms with Crippen molar-refractivity contribution in [2.24, 2.45) is 11.8 Å². The van der Waals surface area contributed by atoms with E-state index in [4.69, 9.17) is 0 Å². The lowest BCUT2D eigenvalue weighted by atomic mass is 9.78. The molecule has 2 N–H and O–H groups in total. The zero-order chi connectivity index (χ0) is 15.6. The van der Waals surface area contributed by atoms with E-state index in [1.807, 2.05) is 0 Å². The zero-order valence-electron chi connectivity index (χ0n) is 12.2. The average Bonchev–Trinajstić information content (AvgIpc) is 2.33. The highest BCUT2D eigenvalue weighted by Crippen LogP contribution is 2.34. The van der Waals surface area contributed by atoms with E-state index >= 15 is 0 Å². The van der Waals surface area contributed by atoms with Crippen molar-refractivity contribution < 1.29 is 23.1 Å². The first-order valence-corrected chi connectivity index (χ1v) is 7.53. The Kier molecular flexibility index (Phi) is 5.14. The Morgan fingerprint density at radius 3 is 2.52 bits per heavy atom. The fourth-order valence-electron chi connectivity index (χ4n) is 3.27. The topological polar surface area (TPSA) is 52.6 Å². The lowest BCUT2D eigenvalue weighted by Gasteiger charge is -2.44. The number of hydrogen-bond acceptors (Lipinski definition) is 3. The third-order valence-electron chi connectivity index (χ3n) is 4.83. The van der Waals surface area contributed by atoms with Crippen LogP contribution in [0.5, 0.6) is 0 Å². The molecule has 3 unspecified atom stereocenters. The van der Waals surface area contributed by atoms with Gasteiger partial charge < -0.3 is 10.4 Å². The molecule has 3 atom stereocenters. The minimum Gasteiger partial charge on any atom is -0.481 e. The Bertz CT molecular complexity index is 372. The van der Waals surface area contributed by atoms with Crippen molar-refractivity contribution in [1.82, 2.24) is 10.2 Å². The van der Waals surface area contributed by atoms with Gasteiger partial charge in [0.05, 0.1) is 12.5 Å². The van der Waals surface area contributed by atoms with E-state index < -0.39 is 30.7 Å². The number of carbonyl (C=O) groups is 1. The van der Waals surface area contributed by atoms with Gasteiger partial charge in [0.15, 0.2) is 0 Å². The predicted octanol–water partition coefficient (Wildman–Crippen LogP) is 2.10. The summed E-state index contributed by atoms with van der Waals surface area (Å²) in [6, 6.07) is -0.167. The van der Waals surface area contributed by atoms with Gasteiger partial charge in [-0.25, -0.2) is 0 Å². The van der Waals surface area contributed by atoms with E-state index in [0.717, 1.165) is 12.8 Å². The SMILES string of the molecule is CC(C1CCC1)N1CC(NCC(F)(F)F)CC(C(=O)O)C1. The maximum atomic E-state index is 12.3. The lowest BCUT2D eigenvalue weighted by Crippen LogP contribution is -2.56.